The van der Waals surface area contributed by atoms with Crippen LogP contribution in [0.3, 0.4) is 0 Å². The number of carbonyl (C=O) groups excluding carboxylic acids is 2. The maximum Gasteiger partial charge on any atom is 0.254 e. The van der Waals surface area contributed by atoms with Crippen LogP contribution in [-0.4, -0.2) is 47.8 Å². The van der Waals surface area contributed by atoms with Crippen molar-refractivity contribution in [1.29, 1.82) is 0 Å². The first-order valence-electron chi connectivity index (χ1n) is 8.41. The maximum absolute atomic E-state index is 13.3. The highest BCUT2D eigenvalue weighted by atomic mass is 19.1. The standard InChI is InChI=1S/C20H21FN2O2/c1-15-4-2-5-16(12-15)13-19(24)22-8-10-23(11-9-22)20(25)17-6-3-7-18(21)14-17/h2-7,12,14H,8-11,13H2,1H3. The highest BCUT2D eigenvalue weighted by Crippen LogP contribution is 2.12. The van der Waals surface area contributed by atoms with E-state index in [9.17, 15) is 14.0 Å². The minimum Gasteiger partial charge on any atom is -0.339 e. The largest absolute Gasteiger partial charge is 0.339 e. The summed E-state index contributed by atoms with van der Waals surface area (Å²) in [5.74, 6) is -0.536. The Morgan fingerprint density at radius 3 is 2.32 bits per heavy atom. The lowest BCUT2D eigenvalue weighted by atomic mass is 10.1. The van der Waals surface area contributed by atoms with Crippen LogP contribution in [-0.2, 0) is 11.2 Å². The van der Waals surface area contributed by atoms with E-state index < -0.39 is 5.82 Å². The Bertz CT molecular complexity index is 783. The van der Waals surface area contributed by atoms with E-state index in [0.29, 0.717) is 38.2 Å². The van der Waals surface area contributed by atoms with Crippen molar-refractivity contribution in [2.75, 3.05) is 26.2 Å². The Morgan fingerprint density at radius 2 is 1.64 bits per heavy atom. The summed E-state index contributed by atoms with van der Waals surface area (Å²) in [5.41, 5.74) is 2.48. The highest BCUT2D eigenvalue weighted by molar-refractivity contribution is 5.94. The number of rotatable bonds is 3. The van der Waals surface area contributed by atoms with Crippen LogP contribution >= 0.6 is 0 Å². The fourth-order valence-corrected chi connectivity index (χ4v) is 3.07. The van der Waals surface area contributed by atoms with Gasteiger partial charge in [-0.05, 0) is 30.7 Å². The third-order valence-electron chi connectivity index (χ3n) is 4.43. The molecule has 2 aromatic rings. The van der Waals surface area contributed by atoms with Gasteiger partial charge in [0.15, 0.2) is 0 Å². The van der Waals surface area contributed by atoms with Gasteiger partial charge in [0, 0.05) is 31.7 Å². The number of piperazine rings is 1. The van der Waals surface area contributed by atoms with Crippen molar-refractivity contribution < 1.29 is 14.0 Å². The molecule has 4 nitrogen and oxygen atoms in total. The van der Waals surface area contributed by atoms with Gasteiger partial charge in [-0.1, -0.05) is 35.9 Å². The molecule has 0 bridgehead atoms. The summed E-state index contributed by atoms with van der Waals surface area (Å²) >= 11 is 0. The normalized spacial score (nSPS) is 14.5. The summed E-state index contributed by atoms with van der Waals surface area (Å²) in [6.45, 7) is 3.95. The number of hydrogen-bond acceptors (Lipinski definition) is 2. The maximum atomic E-state index is 13.3. The Morgan fingerprint density at radius 1 is 0.960 bits per heavy atom. The van der Waals surface area contributed by atoms with Crippen LogP contribution in [0.25, 0.3) is 0 Å². The molecule has 5 heteroatoms. The van der Waals surface area contributed by atoms with Crippen LogP contribution in [0.4, 0.5) is 4.39 Å². The van der Waals surface area contributed by atoms with Gasteiger partial charge >= 0.3 is 0 Å². The summed E-state index contributed by atoms with van der Waals surface area (Å²) < 4.78 is 13.3. The quantitative estimate of drug-likeness (QED) is 0.862. The molecule has 0 atom stereocenters. The van der Waals surface area contributed by atoms with Gasteiger partial charge in [-0.2, -0.15) is 0 Å². The molecular weight excluding hydrogens is 319 g/mol. The van der Waals surface area contributed by atoms with Crippen molar-refractivity contribution in [3.05, 3.63) is 71.0 Å². The molecule has 25 heavy (non-hydrogen) atoms. The lowest BCUT2D eigenvalue weighted by Gasteiger charge is -2.35. The second-order valence-corrected chi connectivity index (χ2v) is 6.35. The second-order valence-electron chi connectivity index (χ2n) is 6.35. The third kappa shape index (κ3) is 4.24. The molecule has 2 aromatic carbocycles. The smallest absolute Gasteiger partial charge is 0.254 e. The van der Waals surface area contributed by atoms with E-state index in [0.717, 1.165) is 11.1 Å². The van der Waals surface area contributed by atoms with Crippen molar-refractivity contribution in [2.24, 2.45) is 0 Å². The molecule has 0 aromatic heterocycles. The van der Waals surface area contributed by atoms with Crippen LogP contribution in [0.1, 0.15) is 21.5 Å². The molecular formula is C20H21FN2O2. The average molecular weight is 340 g/mol. The average Bonchev–Trinajstić information content (AvgIpc) is 2.61. The highest BCUT2D eigenvalue weighted by Gasteiger charge is 2.25. The molecule has 0 spiro atoms. The first-order valence-corrected chi connectivity index (χ1v) is 8.41. The number of halogens is 1. The number of benzene rings is 2. The summed E-state index contributed by atoms with van der Waals surface area (Å²) in [6, 6.07) is 13.6. The summed E-state index contributed by atoms with van der Waals surface area (Å²) in [4.78, 5) is 28.3. The van der Waals surface area contributed by atoms with Crippen molar-refractivity contribution >= 4 is 11.8 Å². The van der Waals surface area contributed by atoms with Crippen LogP contribution in [0.2, 0.25) is 0 Å². The molecule has 1 fully saturated rings. The Balaban J connectivity index is 1.56. The van der Waals surface area contributed by atoms with E-state index >= 15 is 0 Å². The number of amides is 2. The molecule has 1 heterocycles. The third-order valence-corrected chi connectivity index (χ3v) is 4.43. The van der Waals surface area contributed by atoms with E-state index in [4.69, 9.17) is 0 Å². The zero-order valence-electron chi connectivity index (χ0n) is 14.2. The van der Waals surface area contributed by atoms with Crippen molar-refractivity contribution in [1.82, 2.24) is 9.80 Å². The van der Waals surface area contributed by atoms with Gasteiger partial charge in [0.05, 0.1) is 6.42 Å². The van der Waals surface area contributed by atoms with Gasteiger partial charge in [-0.3, -0.25) is 9.59 Å². The SMILES string of the molecule is Cc1cccc(CC(=O)N2CCN(C(=O)c3cccc(F)c3)CC2)c1. The van der Waals surface area contributed by atoms with Gasteiger partial charge in [-0.15, -0.1) is 0 Å². The minimum absolute atomic E-state index is 0.0726. The van der Waals surface area contributed by atoms with E-state index in [2.05, 4.69) is 0 Å². The molecule has 2 amide bonds. The Hall–Kier alpha value is -2.69. The molecule has 3 rings (SSSR count). The lowest BCUT2D eigenvalue weighted by molar-refractivity contribution is -0.131. The number of carbonyl (C=O) groups is 2. The fraction of sp³-hybridized carbons (Fsp3) is 0.300. The first-order chi connectivity index (χ1) is 12.0. The second kappa shape index (κ2) is 7.47. The van der Waals surface area contributed by atoms with Crippen LogP contribution in [0.15, 0.2) is 48.5 Å². The van der Waals surface area contributed by atoms with E-state index in [-0.39, 0.29) is 11.8 Å². The van der Waals surface area contributed by atoms with E-state index in [1.165, 1.54) is 18.2 Å². The monoisotopic (exact) mass is 340 g/mol. The molecule has 0 aliphatic carbocycles. The predicted octanol–water partition coefficient (Wildman–Crippen LogP) is 2.66. The van der Waals surface area contributed by atoms with E-state index in [1.807, 2.05) is 31.2 Å². The lowest BCUT2D eigenvalue weighted by Crippen LogP contribution is -2.51. The first kappa shape index (κ1) is 17.1. The number of nitrogens with zero attached hydrogens (tertiary/aromatic N) is 2. The topological polar surface area (TPSA) is 40.6 Å². The van der Waals surface area contributed by atoms with Crippen molar-refractivity contribution in [3.63, 3.8) is 0 Å². The van der Waals surface area contributed by atoms with Gasteiger partial charge in [0.25, 0.3) is 5.91 Å². The van der Waals surface area contributed by atoms with Gasteiger partial charge in [0.2, 0.25) is 5.91 Å². The molecule has 0 radical (unpaired) electrons. The Labute approximate surface area is 146 Å². The predicted molar refractivity (Wildman–Crippen MR) is 93.8 cm³/mol. The van der Waals surface area contributed by atoms with E-state index in [1.54, 1.807) is 15.9 Å². The summed E-state index contributed by atoms with van der Waals surface area (Å²) in [5, 5.41) is 0. The van der Waals surface area contributed by atoms with Crippen LogP contribution in [0, 0.1) is 12.7 Å². The molecule has 1 aliphatic heterocycles. The molecule has 0 saturated carbocycles. The van der Waals surface area contributed by atoms with Crippen molar-refractivity contribution in [2.45, 2.75) is 13.3 Å². The molecule has 1 saturated heterocycles. The fourth-order valence-electron chi connectivity index (χ4n) is 3.07. The number of aryl methyl sites for hydroxylation is 1. The van der Waals surface area contributed by atoms with Crippen LogP contribution in [0.5, 0.6) is 0 Å². The van der Waals surface area contributed by atoms with Gasteiger partial charge in [0.1, 0.15) is 5.82 Å². The number of hydrogen-bond donors (Lipinski definition) is 0. The zero-order chi connectivity index (χ0) is 17.8. The molecule has 0 unspecified atom stereocenters. The molecule has 0 N–H and O–H groups in total. The molecule has 130 valence electrons. The molecule has 1 aliphatic rings. The summed E-state index contributed by atoms with van der Waals surface area (Å²) in [6.07, 6.45) is 0.375. The zero-order valence-corrected chi connectivity index (χ0v) is 14.2. The van der Waals surface area contributed by atoms with Crippen LogP contribution < -0.4 is 0 Å². The van der Waals surface area contributed by atoms with Crippen molar-refractivity contribution in [3.8, 4) is 0 Å². The minimum atomic E-state index is -0.419. The van der Waals surface area contributed by atoms with Gasteiger partial charge in [-0.25, -0.2) is 4.39 Å². The Kier molecular flexibility index (Phi) is 5.12. The van der Waals surface area contributed by atoms with Gasteiger partial charge < -0.3 is 9.80 Å². The summed E-state index contributed by atoms with van der Waals surface area (Å²) in [7, 11) is 0.